The molecule has 14 heavy (non-hydrogen) atoms. The summed E-state index contributed by atoms with van der Waals surface area (Å²) in [6.07, 6.45) is -4.40. The maximum absolute atomic E-state index is 10.4. The third-order valence-electron chi connectivity index (χ3n) is 1.81. The van der Waals surface area contributed by atoms with Crippen LogP contribution in [0.2, 0.25) is 0 Å². The van der Waals surface area contributed by atoms with Crippen LogP contribution in [0.5, 0.6) is 0 Å². The van der Waals surface area contributed by atoms with E-state index in [1.165, 1.54) is 0 Å². The van der Waals surface area contributed by atoms with Gasteiger partial charge in [-0.1, -0.05) is 0 Å². The third-order valence-corrected chi connectivity index (χ3v) is 2.29. The number of rotatable bonds is 3. The van der Waals surface area contributed by atoms with Crippen molar-refractivity contribution in [2.45, 2.75) is 24.4 Å². The third kappa shape index (κ3) is 3.03. The first-order valence-electron chi connectivity index (χ1n) is 3.85. The lowest BCUT2D eigenvalue weighted by molar-refractivity contribution is -0.0503. The van der Waals surface area contributed by atoms with Crippen LogP contribution in [-0.2, 0) is 9.30 Å². The van der Waals surface area contributed by atoms with Gasteiger partial charge in [0, 0.05) is 0 Å². The van der Waals surface area contributed by atoms with Gasteiger partial charge in [0.15, 0.2) is 6.35 Å². The Morgan fingerprint density at radius 3 is 2.29 bits per heavy atom. The van der Waals surface area contributed by atoms with E-state index >= 15 is 0 Å². The van der Waals surface area contributed by atoms with Gasteiger partial charge in [0.2, 0.25) is 0 Å². The second-order valence-corrected chi connectivity index (χ2v) is 4.64. The minimum Gasteiger partial charge on any atom is -0.389 e. The highest BCUT2D eigenvalue weighted by atomic mass is 31.2. The molecule has 0 bridgehead atoms. The van der Waals surface area contributed by atoms with Gasteiger partial charge in [-0.05, 0) is 5.94 Å². The molecule has 7 nitrogen and oxygen atoms in total. The number of nitrogens with one attached hydrogen (secondary N) is 1. The highest BCUT2D eigenvalue weighted by molar-refractivity contribution is 7.51. The second kappa shape index (κ2) is 4.28. The molecule has 0 aromatic rings. The molecule has 9 heteroatoms. The highest BCUT2D eigenvalue weighted by Gasteiger charge is 2.39. The maximum Gasteiger partial charge on any atom is 0.351 e. The van der Waals surface area contributed by atoms with Gasteiger partial charge in [0.05, 0.1) is 14.0 Å². The summed E-state index contributed by atoms with van der Waals surface area (Å²) in [6.45, 7) is 0. The van der Waals surface area contributed by atoms with Crippen molar-refractivity contribution in [3.8, 4) is 0 Å². The lowest BCUT2D eigenvalue weighted by atomic mass is 9.92. The molecule has 0 saturated carbocycles. The van der Waals surface area contributed by atoms with Crippen molar-refractivity contribution in [3.63, 3.8) is 0 Å². The average Bonchev–Trinajstić information content (AvgIpc) is 2.28. The number of aliphatic hydroxyl groups excluding tert-OH is 2. The van der Waals surface area contributed by atoms with Crippen molar-refractivity contribution in [1.82, 2.24) is 5.32 Å². The summed E-state index contributed by atoms with van der Waals surface area (Å²) in [5.41, 5.74) is 0. The summed E-state index contributed by atoms with van der Waals surface area (Å²) < 4.78 is 15.1. The summed E-state index contributed by atoms with van der Waals surface area (Å²) in [6, 6.07) is 0. The lowest BCUT2D eigenvalue weighted by Gasteiger charge is -2.16. The zero-order chi connectivity index (χ0) is 10.9. The first-order chi connectivity index (χ1) is 6.31. The Morgan fingerprint density at radius 1 is 1.36 bits per heavy atom. The van der Waals surface area contributed by atoms with Gasteiger partial charge in [0.1, 0.15) is 12.3 Å². The molecular formula is C5H11BNO6P. The number of hydrogen-bond acceptors (Lipinski definition) is 5. The van der Waals surface area contributed by atoms with Crippen molar-refractivity contribution >= 4 is 15.4 Å². The van der Waals surface area contributed by atoms with E-state index in [1.807, 2.05) is 0 Å². The Balaban J connectivity index is 2.44. The molecule has 0 aromatic carbocycles. The van der Waals surface area contributed by atoms with Crippen molar-refractivity contribution in [2.75, 3.05) is 6.35 Å². The highest BCUT2D eigenvalue weighted by Crippen LogP contribution is 2.34. The molecule has 1 aliphatic rings. The van der Waals surface area contributed by atoms with E-state index in [-0.39, 0.29) is 0 Å². The van der Waals surface area contributed by atoms with Gasteiger partial charge in [-0.3, -0.25) is 9.88 Å². The lowest BCUT2D eigenvalue weighted by Crippen LogP contribution is -2.36. The van der Waals surface area contributed by atoms with E-state index in [0.29, 0.717) is 0 Å². The summed E-state index contributed by atoms with van der Waals surface area (Å²) >= 11 is 0. The molecule has 2 radical (unpaired) electrons. The Hall–Kier alpha value is 0.0549. The maximum atomic E-state index is 10.4. The second-order valence-electron chi connectivity index (χ2n) is 3.05. The molecular weight excluding hydrogens is 212 g/mol. The van der Waals surface area contributed by atoms with Crippen LogP contribution in [0.1, 0.15) is 0 Å². The van der Waals surface area contributed by atoms with Gasteiger partial charge >= 0.3 is 7.60 Å². The molecule has 1 rings (SSSR count). The molecule has 0 amide bonds. The minimum atomic E-state index is -4.28. The number of hydrogen-bond donors (Lipinski definition) is 5. The molecule has 1 heterocycles. The molecule has 1 aliphatic heterocycles. The predicted octanol–water partition coefficient (Wildman–Crippen LogP) is -2.72. The van der Waals surface area contributed by atoms with Crippen molar-refractivity contribution < 1.29 is 29.3 Å². The van der Waals surface area contributed by atoms with Gasteiger partial charge < -0.3 is 24.7 Å². The first kappa shape index (κ1) is 12.1. The fraction of sp³-hybridized carbons (Fsp3) is 1.00. The van der Waals surface area contributed by atoms with Crippen LogP contribution >= 0.6 is 7.60 Å². The van der Waals surface area contributed by atoms with E-state index in [1.54, 1.807) is 0 Å². The zero-order valence-corrected chi connectivity index (χ0v) is 8.04. The molecule has 0 aromatic heterocycles. The largest absolute Gasteiger partial charge is 0.389 e. The molecule has 80 valence electrons. The summed E-state index contributed by atoms with van der Waals surface area (Å²) in [5.74, 6) is -0.869. The van der Waals surface area contributed by atoms with E-state index in [0.717, 1.165) is 0 Å². The molecule has 0 unspecified atom stereocenters. The molecule has 0 aliphatic carbocycles. The van der Waals surface area contributed by atoms with Crippen LogP contribution in [0.3, 0.4) is 0 Å². The fourth-order valence-corrected chi connectivity index (χ4v) is 1.46. The van der Waals surface area contributed by atoms with Gasteiger partial charge in [-0.2, -0.15) is 0 Å². The smallest absolute Gasteiger partial charge is 0.351 e. The van der Waals surface area contributed by atoms with Crippen LogP contribution in [-0.4, -0.2) is 58.6 Å². The summed E-state index contributed by atoms with van der Waals surface area (Å²) in [5, 5.41) is 20.8. The van der Waals surface area contributed by atoms with E-state index < -0.39 is 38.3 Å². The SMILES string of the molecule is [B][C@@H]1N[C@H](OCP(=O)(O)O)[C@@H](O)[C@H]1O. The monoisotopic (exact) mass is 223 g/mol. The topological polar surface area (TPSA) is 119 Å². The number of ether oxygens (including phenoxy) is 1. The van der Waals surface area contributed by atoms with Gasteiger partial charge in [-0.15, -0.1) is 0 Å². The quantitative estimate of drug-likeness (QED) is 0.260. The Labute approximate surface area is 81.6 Å². The Kier molecular flexibility index (Phi) is 3.71. The molecule has 1 saturated heterocycles. The van der Waals surface area contributed by atoms with Crippen LogP contribution < -0.4 is 5.32 Å². The first-order valence-corrected chi connectivity index (χ1v) is 5.65. The number of aliphatic hydroxyl groups is 2. The van der Waals surface area contributed by atoms with Crippen LogP contribution in [0.4, 0.5) is 0 Å². The van der Waals surface area contributed by atoms with Crippen LogP contribution in [0.15, 0.2) is 0 Å². The van der Waals surface area contributed by atoms with Crippen molar-refractivity contribution in [3.05, 3.63) is 0 Å². The molecule has 4 atom stereocenters. The standard InChI is InChI=1S/C5H11BNO6P/c6-4-2(8)3(9)5(7-4)13-1-14(10,11)12/h2-5,7-9H,1H2,(H2,10,11,12)/t2-,3+,4-,5-/m1/s1. The Bertz CT molecular complexity index is 246. The normalized spacial score (nSPS) is 38.9. The predicted molar refractivity (Wildman–Crippen MR) is 46.5 cm³/mol. The fourth-order valence-electron chi connectivity index (χ4n) is 1.10. The zero-order valence-electron chi connectivity index (χ0n) is 7.15. The Morgan fingerprint density at radius 2 is 1.93 bits per heavy atom. The van der Waals surface area contributed by atoms with Gasteiger partial charge in [0.25, 0.3) is 0 Å². The van der Waals surface area contributed by atoms with Crippen LogP contribution in [0, 0.1) is 0 Å². The van der Waals surface area contributed by atoms with Crippen molar-refractivity contribution in [2.24, 2.45) is 0 Å². The summed E-state index contributed by atoms with van der Waals surface area (Å²) in [4.78, 5) is 17.0. The molecule has 0 spiro atoms. The summed E-state index contributed by atoms with van der Waals surface area (Å²) in [7, 11) is 1.02. The molecule has 5 N–H and O–H groups in total. The van der Waals surface area contributed by atoms with Crippen LogP contribution in [0.25, 0.3) is 0 Å². The van der Waals surface area contributed by atoms with Crippen molar-refractivity contribution in [1.29, 1.82) is 0 Å². The minimum absolute atomic E-state index is 0.832. The van der Waals surface area contributed by atoms with Gasteiger partial charge in [-0.25, -0.2) is 0 Å². The average molecular weight is 223 g/mol. The van der Waals surface area contributed by atoms with E-state index in [2.05, 4.69) is 10.1 Å². The molecule has 1 fully saturated rings. The van der Waals surface area contributed by atoms with E-state index in [9.17, 15) is 9.67 Å². The van der Waals surface area contributed by atoms with E-state index in [4.69, 9.17) is 22.7 Å².